The molecule has 0 saturated heterocycles. The lowest BCUT2D eigenvalue weighted by molar-refractivity contribution is 0.0672. The molecule has 0 bridgehead atoms. The number of ether oxygens (including phenoxy) is 1. The summed E-state index contributed by atoms with van der Waals surface area (Å²) < 4.78 is 8.29. The zero-order valence-electron chi connectivity index (χ0n) is 5.39. The minimum absolute atomic E-state index is 0.128. The van der Waals surface area contributed by atoms with Crippen LogP contribution in [-0.4, -0.2) is 12.3 Å². The number of carbonyl (C=O) groups is 1. The van der Waals surface area contributed by atoms with Crippen LogP contribution in [0, 0.1) is 0 Å². The molecule has 0 aromatic rings. The van der Waals surface area contributed by atoms with E-state index in [1.165, 1.54) is 0 Å². The highest BCUT2D eigenvalue weighted by molar-refractivity contribution is 6.12. The van der Waals surface area contributed by atoms with Crippen LogP contribution in [-0.2, 0) is 9.03 Å². The molecule has 54 valence electrons. The number of carbonyl (C=O) groups excluding carboxylic acids is 1. The Bertz CT molecular complexity index is 94.2. The molecule has 0 saturated carbocycles. The highest BCUT2D eigenvalue weighted by Crippen LogP contribution is 1.98. The van der Waals surface area contributed by atoms with E-state index in [9.17, 15) is 4.79 Å². The Morgan fingerprint density at radius 1 is 1.78 bits per heavy atom. The van der Waals surface area contributed by atoms with Gasteiger partial charge in [0.2, 0.25) is 0 Å². The first-order valence-corrected chi connectivity index (χ1v) is 3.00. The lowest BCUT2D eigenvalue weighted by Crippen LogP contribution is -2.11. The first-order chi connectivity index (χ1) is 4.20. The van der Waals surface area contributed by atoms with Gasteiger partial charge in [0.15, 0.2) is 0 Å². The fourth-order valence-corrected chi connectivity index (χ4v) is 0.302. The van der Waals surface area contributed by atoms with Crippen LogP contribution in [0.25, 0.3) is 0 Å². The van der Waals surface area contributed by atoms with Gasteiger partial charge in [-0.3, -0.25) is 0 Å². The summed E-state index contributed by atoms with van der Waals surface area (Å²) in [4.78, 5) is 10.2. The van der Waals surface area contributed by atoms with Crippen molar-refractivity contribution in [3.8, 4) is 0 Å². The van der Waals surface area contributed by atoms with Gasteiger partial charge in [-0.2, -0.15) is 0 Å². The smallest absolute Gasteiger partial charge is 0.430 e. The molecule has 0 rings (SSSR count). The van der Waals surface area contributed by atoms with Crippen LogP contribution < -0.4 is 0 Å². The molecule has 0 aliphatic heterocycles. The molecule has 3 nitrogen and oxygen atoms in total. The van der Waals surface area contributed by atoms with Crippen molar-refractivity contribution < 1.29 is 13.8 Å². The molecule has 0 aliphatic carbocycles. The van der Waals surface area contributed by atoms with Crippen LogP contribution in [0.15, 0.2) is 0 Å². The van der Waals surface area contributed by atoms with Gasteiger partial charge in [-0.25, -0.2) is 4.79 Å². The molecule has 0 aromatic heterocycles. The van der Waals surface area contributed by atoms with E-state index in [1.54, 1.807) is 6.92 Å². The molecule has 1 atom stereocenters. The molecule has 4 heteroatoms. The zero-order valence-corrected chi connectivity index (χ0v) is 6.14. The predicted octanol–water partition coefficient (Wildman–Crippen LogP) is 2.09. The molecule has 0 radical (unpaired) electrons. The van der Waals surface area contributed by atoms with Gasteiger partial charge in [0, 0.05) is 0 Å². The van der Waals surface area contributed by atoms with E-state index in [0.717, 1.165) is 6.42 Å². The van der Waals surface area contributed by atoms with Crippen LogP contribution >= 0.6 is 11.9 Å². The molecule has 0 N–H and O–H groups in total. The third-order valence-electron chi connectivity index (χ3n) is 0.935. The molecule has 0 heterocycles. The fraction of sp³-hybridized carbons (Fsp3) is 0.800. The van der Waals surface area contributed by atoms with Crippen molar-refractivity contribution in [1.29, 1.82) is 0 Å². The van der Waals surface area contributed by atoms with E-state index in [2.05, 4.69) is 20.9 Å². The van der Waals surface area contributed by atoms with Gasteiger partial charge in [-0.05, 0) is 13.3 Å². The molecule has 0 aliphatic rings. The summed E-state index contributed by atoms with van der Waals surface area (Å²) in [6, 6.07) is 0. The third kappa shape index (κ3) is 4.09. The van der Waals surface area contributed by atoms with E-state index >= 15 is 0 Å². The van der Waals surface area contributed by atoms with Crippen molar-refractivity contribution >= 4 is 18.0 Å². The summed E-state index contributed by atoms with van der Waals surface area (Å²) in [5.41, 5.74) is 0. The van der Waals surface area contributed by atoms with Crippen LogP contribution in [0.2, 0.25) is 0 Å². The second kappa shape index (κ2) is 4.44. The van der Waals surface area contributed by atoms with Crippen LogP contribution in [0.4, 0.5) is 4.79 Å². The van der Waals surface area contributed by atoms with Gasteiger partial charge < -0.3 is 9.03 Å². The van der Waals surface area contributed by atoms with Gasteiger partial charge in [-0.1, -0.05) is 6.92 Å². The molecule has 0 aromatic carbocycles. The van der Waals surface area contributed by atoms with Crippen molar-refractivity contribution in [2.45, 2.75) is 26.4 Å². The van der Waals surface area contributed by atoms with Gasteiger partial charge in [0.25, 0.3) is 0 Å². The summed E-state index contributed by atoms with van der Waals surface area (Å²) >= 11 is 4.68. The van der Waals surface area contributed by atoms with Crippen molar-refractivity contribution in [3.63, 3.8) is 0 Å². The molecule has 0 amide bonds. The molecule has 1 unspecified atom stereocenters. The normalized spacial score (nSPS) is 12.3. The maximum Gasteiger partial charge on any atom is 0.527 e. The number of rotatable bonds is 2. The summed E-state index contributed by atoms with van der Waals surface area (Å²) in [5.74, 6) is 0. The van der Waals surface area contributed by atoms with Crippen molar-refractivity contribution in [1.82, 2.24) is 0 Å². The summed E-state index contributed by atoms with van der Waals surface area (Å²) in [6.07, 6.45) is -0.214. The van der Waals surface area contributed by atoms with Crippen molar-refractivity contribution in [3.05, 3.63) is 0 Å². The monoisotopic (exact) mass is 152 g/mol. The van der Waals surface area contributed by atoms with Gasteiger partial charge in [-0.15, -0.1) is 0 Å². The average molecular weight is 153 g/mol. The Morgan fingerprint density at radius 2 is 2.33 bits per heavy atom. The Kier molecular flexibility index (Phi) is 4.22. The second-order valence-electron chi connectivity index (χ2n) is 1.66. The zero-order chi connectivity index (χ0) is 7.28. The van der Waals surface area contributed by atoms with E-state index in [-0.39, 0.29) is 6.10 Å². The molecule has 0 fully saturated rings. The Hall–Kier alpha value is -0.440. The van der Waals surface area contributed by atoms with Crippen molar-refractivity contribution in [2.24, 2.45) is 0 Å². The maximum atomic E-state index is 10.2. The first kappa shape index (κ1) is 8.56. The van der Waals surface area contributed by atoms with E-state index < -0.39 is 6.16 Å². The van der Waals surface area contributed by atoms with Crippen LogP contribution in [0.3, 0.4) is 0 Å². The van der Waals surface area contributed by atoms with E-state index in [4.69, 9.17) is 0 Å². The number of hydrogen-bond acceptors (Lipinski definition) is 3. The minimum Gasteiger partial charge on any atom is -0.430 e. The molecule has 9 heavy (non-hydrogen) atoms. The Labute approximate surface area is 59.1 Å². The van der Waals surface area contributed by atoms with E-state index in [0.29, 0.717) is 0 Å². The highest BCUT2D eigenvalue weighted by Gasteiger charge is 2.06. The van der Waals surface area contributed by atoms with Gasteiger partial charge in [0.05, 0.1) is 0 Å². The fourth-order valence-electron chi connectivity index (χ4n) is 0.266. The summed E-state index contributed by atoms with van der Waals surface area (Å²) in [6.45, 7) is 3.65. The maximum absolute atomic E-state index is 10.2. The molecule has 0 spiro atoms. The summed E-state index contributed by atoms with van der Waals surface area (Å²) in [5, 5.41) is 0. The first-order valence-electron chi connectivity index (χ1n) is 2.70. The Balaban J connectivity index is 3.34. The van der Waals surface area contributed by atoms with Crippen LogP contribution in [0.5, 0.6) is 0 Å². The SMILES string of the molecule is CCC(C)OC(=O)OCl. The predicted molar refractivity (Wildman–Crippen MR) is 33.2 cm³/mol. The lowest BCUT2D eigenvalue weighted by Gasteiger charge is -2.06. The second-order valence-corrected chi connectivity index (χ2v) is 1.82. The topological polar surface area (TPSA) is 35.5 Å². The largest absolute Gasteiger partial charge is 0.527 e. The molecular weight excluding hydrogens is 144 g/mol. The third-order valence-corrected chi connectivity index (χ3v) is 1.06. The highest BCUT2D eigenvalue weighted by atomic mass is 35.5. The summed E-state index contributed by atoms with van der Waals surface area (Å²) in [7, 11) is 0. The van der Waals surface area contributed by atoms with Crippen LogP contribution in [0.1, 0.15) is 20.3 Å². The lowest BCUT2D eigenvalue weighted by atomic mass is 10.3. The van der Waals surface area contributed by atoms with Gasteiger partial charge in [0.1, 0.15) is 18.0 Å². The minimum atomic E-state index is -0.842. The number of hydrogen-bond donors (Lipinski definition) is 0. The van der Waals surface area contributed by atoms with E-state index in [1.807, 2.05) is 6.92 Å². The van der Waals surface area contributed by atoms with Crippen molar-refractivity contribution in [2.75, 3.05) is 0 Å². The number of halogens is 1. The average Bonchev–Trinajstić information content (AvgIpc) is 1.87. The quantitative estimate of drug-likeness (QED) is 0.569. The standard InChI is InChI=1S/C5H9ClO3/c1-3-4(2)8-5(7)9-6/h4H,3H2,1-2H3. The van der Waals surface area contributed by atoms with Gasteiger partial charge >= 0.3 is 6.16 Å². The Morgan fingerprint density at radius 3 is 2.67 bits per heavy atom. The molecular formula is C5H9ClO3.